The molecule has 0 spiro atoms. The van der Waals surface area contributed by atoms with E-state index < -0.39 is 8.32 Å². The van der Waals surface area contributed by atoms with Crippen LogP contribution in [0.15, 0.2) is 18.2 Å². The molecule has 0 atom stereocenters. The van der Waals surface area contributed by atoms with Gasteiger partial charge in [0.25, 0.3) is 0 Å². The van der Waals surface area contributed by atoms with Crippen LogP contribution in [0.3, 0.4) is 0 Å². The summed E-state index contributed by atoms with van der Waals surface area (Å²) in [5.74, 6) is 0.861. The topological polar surface area (TPSA) is 47.7 Å². The molecule has 0 bridgehead atoms. The van der Waals surface area contributed by atoms with Crippen molar-refractivity contribution in [1.82, 2.24) is 0 Å². The second-order valence-electron chi connectivity index (χ2n) is 8.55. The molecule has 26 heavy (non-hydrogen) atoms. The van der Waals surface area contributed by atoms with Gasteiger partial charge in [-0.2, -0.15) is 0 Å². The Morgan fingerprint density at radius 3 is 2.00 bits per heavy atom. The molecule has 0 unspecified atom stereocenters. The number of nitrogens with two attached hydrogens (primary N) is 1. The maximum atomic E-state index is 6.98. The second kappa shape index (κ2) is 8.66. The van der Waals surface area contributed by atoms with Crippen molar-refractivity contribution in [2.24, 2.45) is 0 Å². The van der Waals surface area contributed by atoms with E-state index in [2.05, 4.69) is 52.5 Å². The number of ether oxygens (including phenoxy) is 1. The zero-order valence-corrected chi connectivity index (χ0v) is 18.7. The molecule has 0 aliphatic carbocycles. The zero-order chi connectivity index (χ0) is 19.5. The van der Waals surface area contributed by atoms with Crippen LogP contribution in [0.5, 0.6) is 5.75 Å². The van der Waals surface area contributed by atoms with Gasteiger partial charge in [-0.15, -0.1) is 0 Å². The first-order valence-corrected chi connectivity index (χ1v) is 12.2. The molecule has 2 N–H and O–H groups in total. The summed E-state index contributed by atoms with van der Waals surface area (Å²) >= 11 is 0. The lowest BCUT2D eigenvalue weighted by atomic mass is 10.1. The number of hydrogen-bond donors (Lipinski definition) is 1. The average molecular weight is 379 g/mol. The van der Waals surface area contributed by atoms with Gasteiger partial charge in [0.05, 0.1) is 12.8 Å². The van der Waals surface area contributed by atoms with Crippen molar-refractivity contribution in [3.8, 4) is 5.75 Å². The lowest BCUT2D eigenvalue weighted by Gasteiger charge is -2.46. The van der Waals surface area contributed by atoms with Crippen molar-refractivity contribution in [2.75, 3.05) is 30.8 Å². The minimum absolute atomic E-state index is 0.380. The van der Waals surface area contributed by atoms with E-state index in [1.165, 1.54) is 0 Å². The number of nitrogen functional groups attached to an aromatic ring is 1. The minimum Gasteiger partial charge on any atom is -0.495 e. The molecule has 1 fully saturated rings. The van der Waals surface area contributed by atoms with Gasteiger partial charge in [-0.05, 0) is 41.6 Å². The Labute approximate surface area is 161 Å². The summed E-state index contributed by atoms with van der Waals surface area (Å²) < 4.78 is 12.5. The lowest BCUT2D eigenvalue weighted by molar-refractivity contribution is 0.146. The van der Waals surface area contributed by atoms with Crippen LogP contribution in [0.4, 0.5) is 11.4 Å². The molecule has 148 valence electrons. The van der Waals surface area contributed by atoms with Crippen LogP contribution >= 0.6 is 0 Å². The van der Waals surface area contributed by atoms with Crippen molar-refractivity contribution in [3.05, 3.63) is 18.2 Å². The largest absolute Gasteiger partial charge is 0.495 e. The van der Waals surface area contributed by atoms with Gasteiger partial charge < -0.3 is 19.8 Å². The molecule has 0 amide bonds. The Morgan fingerprint density at radius 1 is 1.00 bits per heavy atom. The molecule has 2 rings (SSSR count). The number of benzene rings is 1. The predicted molar refractivity (Wildman–Crippen MR) is 115 cm³/mol. The summed E-state index contributed by atoms with van der Waals surface area (Å²) in [7, 11) is -0.0910. The maximum Gasteiger partial charge on any atom is 0.200 e. The Balaban J connectivity index is 2.08. The van der Waals surface area contributed by atoms with Crippen LogP contribution in [0.25, 0.3) is 0 Å². The Kier molecular flexibility index (Phi) is 7.03. The van der Waals surface area contributed by atoms with Crippen molar-refractivity contribution >= 4 is 19.7 Å². The van der Waals surface area contributed by atoms with Gasteiger partial charge in [-0.1, -0.05) is 41.5 Å². The number of piperidine rings is 1. The Morgan fingerprint density at radius 2 is 1.54 bits per heavy atom. The number of anilines is 2. The highest BCUT2D eigenvalue weighted by atomic mass is 28.4. The monoisotopic (exact) mass is 378 g/mol. The third-order valence-corrected chi connectivity index (χ3v) is 12.2. The summed E-state index contributed by atoms with van der Waals surface area (Å²) in [5, 5.41) is 0. The van der Waals surface area contributed by atoms with E-state index in [0.717, 1.165) is 43.1 Å². The van der Waals surface area contributed by atoms with E-state index >= 15 is 0 Å². The first-order chi connectivity index (χ1) is 12.2. The molecule has 5 heteroatoms. The maximum absolute atomic E-state index is 6.98. The SMILES string of the molecule is COc1cc(N)ccc1N1CCC(O[Si](C(C)C)(C(C)C)C(C)C)CC1. The number of methoxy groups -OCH3 is 1. The molecule has 0 aromatic heterocycles. The summed E-state index contributed by atoms with van der Waals surface area (Å²) in [6.07, 6.45) is 2.54. The Bertz CT molecular complexity index is 560. The van der Waals surface area contributed by atoms with Gasteiger partial charge in [-0.3, -0.25) is 0 Å². The fourth-order valence-electron chi connectivity index (χ4n) is 4.87. The lowest BCUT2D eigenvalue weighted by Crippen LogP contribution is -2.52. The van der Waals surface area contributed by atoms with Gasteiger partial charge in [0.15, 0.2) is 0 Å². The van der Waals surface area contributed by atoms with Gasteiger partial charge >= 0.3 is 0 Å². The molecular formula is C21H38N2O2Si. The smallest absolute Gasteiger partial charge is 0.200 e. The van der Waals surface area contributed by atoms with Gasteiger partial charge in [-0.25, -0.2) is 0 Å². The van der Waals surface area contributed by atoms with E-state index in [4.69, 9.17) is 14.9 Å². The highest BCUT2D eigenvalue weighted by Gasteiger charge is 2.46. The van der Waals surface area contributed by atoms with E-state index in [9.17, 15) is 0 Å². The standard InChI is InChI=1S/C21H38N2O2Si/c1-15(2)26(16(3)4,17(5)6)25-19-10-12-23(13-11-19)20-9-8-18(22)14-21(20)24-7/h8-9,14-17,19H,10-13,22H2,1-7H3. The molecule has 0 radical (unpaired) electrons. The first-order valence-electron chi connectivity index (χ1n) is 10.1. The first kappa shape index (κ1) is 21.1. The summed E-state index contributed by atoms with van der Waals surface area (Å²) in [6.45, 7) is 16.2. The van der Waals surface area contributed by atoms with Crippen LogP contribution < -0.4 is 15.4 Å². The number of rotatable bonds is 7. The van der Waals surface area contributed by atoms with Crippen LogP contribution in [0, 0.1) is 0 Å². The molecule has 1 aromatic carbocycles. The molecule has 1 heterocycles. The number of nitrogens with zero attached hydrogens (tertiary/aromatic N) is 1. The van der Waals surface area contributed by atoms with E-state index in [1.54, 1.807) is 7.11 Å². The van der Waals surface area contributed by atoms with Crippen molar-refractivity contribution in [1.29, 1.82) is 0 Å². The van der Waals surface area contributed by atoms with Crippen LogP contribution in [-0.4, -0.2) is 34.6 Å². The Hall–Kier alpha value is -1.20. The van der Waals surface area contributed by atoms with Crippen molar-refractivity contribution in [2.45, 2.75) is 77.1 Å². The molecule has 1 aromatic rings. The van der Waals surface area contributed by atoms with E-state index in [-0.39, 0.29) is 0 Å². The van der Waals surface area contributed by atoms with Gasteiger partial charge in [0.2, 0.25) is 8.32 Å². The van der Waals surface area contributed by atoms with E-state index in [0.29, 0.717) is 22.7 Å². The summed E-state index contributed by atoms with van der Waals surface area (Å²) in [5.41, 5.74) is 9.69. The molecule has 0 saturated carbocycles. The molecule has 4 nitrogen and oxygen atoms in total. The van der Waals surface area contributed by atoms with Gasteiger partial charge in [0.1, 0.15) is 5.75 Å². The van der Waals surface area contributed by atoms with Crippen molar-refractivity contribution in [3.63, 3.8) is 0 Å². The van der Waals surface area contributed by atoms with Crippen molar-refractivity contribution < 1.29 is 9.16 Å². The summed E-state index contributed by atoms with van der Waals surface area (Å²) in [4.78, 5) is 2.40. The normalized spacial score (nSPS) is 16.8. The minimum atomic E-state index is -1.80. The predicted octanol–water partition coefficient (Wildman–Crippen LogP) is 5.44. The average Bonchev–Trinajstić information content (AvgIpc) is 2.59. The third-order valence-electron chi connectivity index (χ3n) is 6.06. The molecule has 1 aliphatic rings. The molecule has 1 saturated heterocycles. The fourth-order valence-corrected chi connectivity index (χ4v) is 10.5. The molecular weight excluding hydrogens is 340 g/mol. The van der Waals surface area contributed by atoms with Crippen LogP contribution in [0.1, 0.15) is 54.4 Å². The highest BCUT2D eigenvalue weighted by molar-refractivity contribution is 6.77. The van der Waals surface area contributed by atoms with E-state index in [1.807, 2.05) is 12.1 Å². The highest BCUT2D eigenvalue weighted by Crippen LogP contribution is 2.44. The number of hydrogen-bond acceptors (Lipinski definition) is 4. The fraction of sp³-hybridized carbons (Fsp3) is 0.714. The van der Waals surface area contributed by atoms with Crippen LogP contribution in [-0.2, 0) is 4.43 Å². The van der Waals surface area contributed by atoms with Gasteiger partial charge in [0, 0.05) is 30.9 Å². The molecule has 1 aliphatic heterocycles. The second-order valence-corrected chi connectivity index (χ2v) is 14.0. The van der Waals surface area contributed by atoms with Crippen LogP contribution in [0.2, 0.25) is 16.6 Å². The third kappa shape index (κ3) is 4.20. The quantitative estimate of drug-likeness (QED) is 0.507. The zero-order valence-electron chi connectivity index (χ0n) is 17.7. The summed E-state index contributed by atoms with van der Waals surface area (Å²) in [6, 6.07) is 5.94.